The molecule has 0 saturated heterocycles. The van der Waals surface area contributed by atoms with Crippen molar-refractivity contribution in [2.45, 2.75) is 39.3 Å². The average Bonchev–Trinajstić information content (AvgIpc) is 2.68. The number of hydrogen-bond donors (Lipinski definition) is 1. The van der Waals surface area contributed by atoms with Crippen LogP contribution in [0.1, 0.15) is 31.9 Å². The van der Waals surface area contributed by atoms with Crippen LogP contribution in [-0.4, -0.2) is 27.7 Å². The molecule has 2 unspecified atom stereocenters. The second-order valence-corrected chi connectivity index (χ2v) is 6.31. The van der Waals surface area contributed by atoms with Gasteiger partial charge in [-0.1, -0.05) is 13.8 Å². The Kier molecular flexibility index (Phi) is 2.80. The van der Waals surface area contributed by atoms with Gasteiger partial charge in [0.1, 0.15) is 0 Å². The Bertz CT molecular complexity index is 686. The van der Waals surface area contributed by atoms with Gasteiger partial charge < -0.3 is 9.72 Å². The molecule has 0 spiro atoms. The third-order valence-electron chi connectivity index (χ3n) is 4.54. The zero-order chi connectivity index (χ0) is 13.8. The lowest BCUT2D eigenvalue weighted by Gasteiger charge is -2.51. The van der Waals surface area contributed by atoms with Gasteiger partial charge >= 0.3 is 0 Å². The number of pyridine rings is 1. The summed E-state index contributed by atoms with van der Waals surface area (Å²) in [5.41, 5.74) is 3.25. The summed E-state index contributed by atoms with van der Waals surface area (Å²) in [6.45, 7) is 6.53. The molecule has 1 fully saturated rings. The van der Waals surface area contributed by atoms with E-state index in [2.05, 4.69) is 35.3 Å². The number of hydrogen-bond acceptors (Lipinski definition) is 3. The lowest BCUT2D eigenvalue weighted by molar-refractivity contribution is -0.112. The van der Waals surface area contributed by atoms with Crippen LogP contribution in [0.4, 0.5) is 0 Å². The smallest absolute Gasteiger partial charge is 0.179 e. The predicted octanol–water partition coefficient (Wildman–Crippen LogP) is 3.39. The van der Waals surface area contributed by atoms with Gasteiger partial charge in [-0.3, -0.25) is 4.57 Å². The maximum absolute atomic E-state index is 5.53. The highest BCUT2D eigenvalue weighted by molar-refractivity contribution is 7.71. The molecule has 0 aliphatic heterocycles. The minimum Gasteiger partial charge on any atom is -0.381 e. The van der Waals surface area contributed by atoms with Crippen LogP contribution in [0, 0.1) is 17.1 Å². The second-order valence-electron chi connectivity index (χ2n) is 5.92. The highest BCUT2D eigenvalue weighted by Crippen LogP contribution is 2.51. The molecular formula is C14H19N3OS. The van der Waals surface area contributed by atoms with Crippen molar-refractivity contribution in [1.82, 2.24) is 14.5 Å². The fourth-order valence-corrected chi connectivity index (χ4v) is 3.45. The van der Waals surface area contributed by atoms with E-state index in [1.807, 2.05) is 12.3 Å². The molecule has 2 atom stereocenters. The molecule has 0 bridgehead atoms. The van der Waals surface area contributed by atoms with Gasteiger partial charge in [-0.25, -0.2) is 4.98 Å². The number of imidazole rings is 1. The van der Waals surface area contributed by atoms with E-state index in [4.69, 9.17) is 17.0 Å². The number of fused-ring (bicyclic) bond motifs is 1. The first kappa shape index (κ1) is 12.8. The minimum absolute atomic E-state index is 0.0769. The molecule has 19 heavy (non-hydrogen) atoms. The molecule has 1 aliphatic carbocycles. The molecule has 0 aromatic carbocycles. The third-order valence-corrected chi connectivity index (χ3v) is 4.84. The molecule has 1 N–H and O–H groups in total. The summed E-state index contributed by atoms with van der Waals surface area (Å²) in [6, 6.07) is 2.34. The molecule has 0 radical (unpaired) electrons. The molecular weight excluding hydrogens is 258 g/mol. The Morgan fingerprint density at radius 2 is 2.26 bits per heavy atom. The summed E-state index contributed by atoms with van der Waals surface area (Å²) < 4.78 is 8.44. The third kappa shape index (κ3) is 1.68. The van der Waals surface area contributed by atoms with Gasteiger partial charge in [-0.2, -0.15) is 0 Å². The summed E-state index contributed by atoms with van der Waals surface area (Å²) in [7, 11) is 1.78. The molecule has 4 nitrogen and oxygen atoms in total. The maximum atomic E-state index is 5.53. The van der Waals surface area contributed by atoms with Gasteiger partial charge in [0.05, 0.1) is 11.6 Å². The first-order chi connectivity index (χ1) is 8.96. The summed E-state index contributed by atoms with van der Waals surface area (Å²) in [4.78, 5) is 7.80. The van der Waals surface area contributed by atoms with Crippen molar-refractivity contribution in [2.75, 3.05) is 7.11 Å². The van der Waals surface area contributed by atoms with E-state index in [0.29, 0.717) is 6.04 Å². The number of aromatic nitrogens is 3. The molecule has 0 amide bonds. The van der Waals surface area contributed by atoms with Crippen LogP contribution in [0.3, 0.4) is 0 Å². The van der Waals surface area contributed by atoms with Gasteiger partial charge in [0.25, 0.3) is 0 Å². The molecule has 5 heteroatoms. The number of H-pyrrole nitrogens is 1. The van der Waals surface area contributed by atoms with Crippen molar-refractivity contribution in [3.63, 3.8) is 0 Å². The van der Waals surface area contributed by atoms with Crippen LogP contribution < -0.4 is 0 Å². The first-order valence-electron chi connectivity index (χ1n) is 6.55. The number of ether oxygens (including phenoxy) is 1. The van der Waals surface area contributed by atoms with Gasteiger partial charge in [-0.15, -0.1) is 0 Å². The van der Waals surface area contributed by atoms with E-state index in [1.165, 1.54) is 5.56 Å². The van der Waals surface area contributed by atoms with Crippen molar-refractivity contribution < 1.29 is 4.74 Å². The van der Waals surface area contributed by atoms with Crippen LogP contribution in [0.25, 0.3) is 11.2 Å². The molecule has 102 valence electrons. The average molecular weight is 277 g/mol. The maximum Gasteiger partial charge on any atom is 0.179 e. The Morgan fingerprint density at radius 3 is 2.89 bits per heavy atom. The lowest BCUT2D eigenvalue weighted by atomic mass is 9.64. The highest BCUT2D eigenvalue weighted by atomic mass is 32.1. The SMILES string of the molecule is COC1CC(n2c(=S)[nH]c3c(C)ccnc32)C1(C)C. The number of aromatic amines is 1. The fraction of sp³-hybridized carbons (Fsp3) is 0.571. The monoisotopic (exact) mass is 277 g/mol. The van der Waals surface area contributed by atoms with Crippen molar-refractivity contribution in [3.05, 3.63) is 22.6 Å². The van der Waals surface area contributed by atoms with E-state index in [0.717, 1.165) is 22.4 Å². The normalized spacial score (nSPS) is 25.5. The molecule has 2 heterocycles. The van der Waals surface area contributed by atoms with Crippen LogP contribution in [0.5, 0.6) is 0 Å². The molecule has 2 aromatic heterocycles. The summed E-state index contributed by atoms with van der Waals surface area (Å²) in [5.74, 6) is 0. The number of aryl methyl sites for hydroxylation is 1. The summed E-state index contributed by atoms with van der Waals surface area (Å²) in [5, 5.41) is 0. The number of nitrogens with one attached hydrogen (secondary N) is 1. The van der Waals surface area contributed by atoms with E-state index in [-0.39, 0.29) is 11.5 Å². The topological polar surface area (TPSA) is 42.8 Å². The van der Waals surface area contributed by atoms with Crippen molar-refractivity contribution in [3.8, 4) is 0 Å². The van der Waals surface area contributed by atoms with E-state index in [1.54, 1.807) is 7.11 Å². The first-order valence-corrected chi connectivity index (χ1v) is 6.96. The number of nitrogens with zero attached hydrogens (tertiary/aromatic N) is 2. The van der Waals surface area contributed by atoms with Gasteiger partial charge in [-0.05, 0) is 37.2 Å². The van der Waals surface area contributed by atoms with Crippen LogP contribution >= 0.6 is 12.2 Å². The standard InChI is InChI=1S/C14H19N3OS/c1-8-5-6-15-12-11(8)16-13(19)17(12)9-7-10(18-4)14(9,2)3/h5-6,9-10H,7H2,1-4H3,(H,16,19). The Morgan fingerprint density at radius 1 is 1.53 bits per heavy atom. The molecule has 2 aromatic rings. The van der Waals surface area contributed by atoms with Crippen LogP contribution in [0.2, 0.25) is 0 Å². The van der Waals surface area contributed by atoms with E-state index in [9.17, 15) is 0 Å². The van der Waals surface area contributed by atoms with E-state index >= 15 is 0 Å². The quantitative estimate of drug-likeness (QED) is 0.856. The zero-order valence-corrected chi connectivity index (χ0v) is 12.5. The van der Waals surface area contributed by atoms with Crippen LogP contribution in [0.15, 0.2) is 12.3 Å². The Hall–Kier alpha value is -1.20. The Labute approximate surface area is 117 Å². The van der Waals surface area contributed by atoms with Crippen molar-refractivity contribution >= 4 is 23.4 Å². The van der Waals surface area contributed by atoms with Crippen molar-refractivity contribution in [2.24, 2.45) is 5.41 Å². The summed E-state index contributed by atoms with van der Waals surface area (Å²) >= 11 is 5.49. The van der Waals surface area contributed by atoms with E-state index < -0.39 is 0 Å². The zero-order valence-electron chi connectivity index (χ0n) is 11.7. The van der Waals surface area contributed by atoms with Gasteiger partial charge in [0.2, 0.25) is 0 Å². The number of rotatable bonds is 2. The second kappa shape index (κ2) is 4.15. The van der Waals surface area contributed by atoms with Crippen molar-refractivity contribution in [1.29, 1.82) is 0 Å². The summed E-state index contributed by atoms with van der Waals surface area (Å²) in [6.07, 6.45) is 3.12. The largest absolute Gasteiger partial charge is 0.381 e. The van der Waals surface area contributed by atoms with Gasteiger partial charge in [0, 0.05) is 24.8 Å². The molecule has 1 saturated carbocycles. The Balaban J connectivity index is 2.15. The minimum atomic E-state index is 0.0769. The van der Waals surface area contributed by atoms with Crippen LogP contribution in [-0.2, 0) is 4.74 Å². The number of methoxy groups -OCH3 is 1. The fourth-order valence-electron chi connectivity index (χ4n) is 3.14. The molecule has 1 aliphatic rings. The highest BCUT2D eigenvalue weighted by Gasteiger charge is 2.50. The van der Waals surface area contributed by atoms with Gasteiger partial charge in [0.15, 0.2) is 10.4 Å². The molecule has 3 rings (SSSR count). The lowest BCUT2D eigenvalue weighted by Crippen LogP contribution is -2.51. The predicted molar refractivity (Wildman–Crippen MR) is 77.9 cm³/mol.